The molecular weight excluding hydrogens is 397 g/mol. The van der Waals surface area contributed by atoms with E-state index in [4.69, 9.17) is 0 Å². The molecule has 0 N–H and O–H groups in total. The molecule has 3 rings (SSSR count). The maximum atomic E-state index is 13.5. The molecule has 2 aliphatic rings. The van der Waals surface area contributed by atoms with Gasteiger partial charge in [0, 0.05) is 8.80 Å². The van der Waals surface area contributed by atoms with Crippen molar-refractivity contribution in [3.63, 3.8) is 0 Å². The fourth-order valence-electron chi connectivity index (χ4n) is 5.95. The highest BCUT2D eigenvalue weighted by Gasteiger charge is 2.25. The third-order valence-electron chi connectivity index (χ3n) is 7.98. The van der Waals surface area contributed by atoms with Gasteiger partial charge in [0.05, 0.1) is 0 Å². The van der Waals surface area contributed by atoms with Gasteiger partial charge in [-0.2, -0.15) is 0 Å². The summed E-state index contributed by atoms with van der Waals surface area (Å²) in [6, 6.07) is 7.20. The summed E-state index contributed by atoms with van der Waals surface area (Å²) in [5.74, 6) is -1.51. The number of halogens is 3. The van der Waals surface area contributed by atoms with Crippen LogP contribution >= 0.6 is 0 Å². The van der Waals surface area contributed by atoms with Gasteiger partial charge in [-0.15, -0.1) is 0 Å². The molecule has 0 nitrogen and oxygen atoms in total. The third-order valence-corrected chi connectivity index (χ3v) is 11.5. The van der Waals surface area contributed by atoms with Crippen LogP contribution in [0.5, 0.6) is 0 Å². The molecule has 0 radical (unpaired) electrons. The monoisotopic (exact) mass is 438 g/mol. The second-order valence-corrected chi connectivity index (χ2v) is 13.6. The van der Waals surface area contributed by atoms with Crippen LogP contribution in [0.3, 0.4) is 0 Å². The first-order valence-corrected chi connectivity index (χ1v) is 15.2. The molecule has 0 bridgehead atoms. The van der Waals surface area contributed by atoms with Crippen LogP contribution in [0.1, 0.15) is 102 Å². The van der Waals surface area contributed by atoms with E-state index in [0.717, 1.165) is 37.5 Å². The number of hydrogen-bond acceptors (Lipinski definition) is 0. The molecular formula is C26H41F3Si. The predicted molar refractivity (Wildman–Crippen MR) is 123 cm³/mol. The summed E-state index contributed by atoms with van der Waals surface area (Å²) in [5.41, 5.74) is 0.638. The number of rotatable bonds is 10. The zero-order valence-corrected chi connectivity index (χ0v) is 20.1. The topological polar surface area (TPSA) is 0 Å². The van der Waals surface area contributed by atoms with E-state index < -0.39 is 17.5 Å². The summed E-state index contributed by atoms with van der Waals surface area (Å²) < 4.78 is 40.2. The molecule has 4 heteroatoms. The smallest absolute Gasteiger partial charge is 0.194 e. The van der Waals surface area contributed by atoms with Crippen molar-refractivity contribution in [3.05, 3.63) is 35.1 Å². The van der Waals surface area contributed by atoms with Crippen LogP contribution in [0.15, 0.2) is 12.1 Å². The van der Waals surface area contributed by atoms with Crippen molar-refractivity contribution in [2.24, 2.45) is 11.8 Å². The van der Waals surface area contributed by atoms with Gasteiger partial charge >= 0.3 is 0 Å². The Morgan fingerprint density at radius 1 is 0.767 bits per heavy atom. The third kappa shape index (κ3) is 7.14. The lowest BCUT2D eigenvalue weighted by Crippen LogP contribution is -2.21. The molecule has 1 aliphatic carbocycles. The van der Waals surface area contributed by atoms with Crippen molar-refractivity contribution in [3.8, 4) is 0 Å². The fourth-order valence-corrected chi connectivity index (χ4v) is 9.57. The van der Waals surface area contributed by atoms with Crippen molar-refractivity contribution in [2.45, 2.75) is 114 Å². The molecule has 2 fully saturated rings. The minimum absolute atomic E-state index is 0.183. The molecule has 1 heterocycles. The van der Waals surface area contributed by atoms with Crippen LogP contribution in [0, 0.1) is 29.3 Å². The van der Waals surface area contributed by atoms with Gasteiger partial charge in [0.25, 0.3) is 0 Å². The van der Waals surface area contributed by atoms with Crippen molar-refractivity contribution in [1.82, 2.24) is 0 Å². The Bertz CT molecular complexity index is 608. The fraction of sp³-hybridized carbons (Fsp3) is 0.769. The molecule has 0 aromatic heterocycles. The molecule has 0 spiro atoms. The predicted octanol–water partition coefficient (Wildman–Crippen LogP) is 8.77. The van der Waals surface area contributed by atoms with Gasteiger partial charge in [-0.1, -0.05) is 82.8 Å². The van der Waals surface area contributed by atoms with Crippen molar-refractivity contribution < 1.29 is 13.2 Å². The average Bonchev–Trinajstić information content (AvgIpc) is 2.76. The Hall–Kier alpha value is -0.773. The van der Waals surface area contributed by atoms with Gasteiger partial charge in [-0.05, 0) is 61.1 Å². The lowest BCUT2D eigenvalue weighted by atomic mass is 9.77. The van der Waals surface area contributed by atoms with Gasteiger partial charge in [0.15, 0.2) is 17.5 Å². The Morgan fingerprint density at radius 3 is 1.90 bits per heavy atom. The number of hydrogen-bond donors (Lipinski definition) is 0. The first-order valence-electron chi connectivity index (χ1n) is 12.7. The van der Waals surface area contributed by atoms with Crippen LogP contribution in [-0.4, -0.2) is 8.80 Å². The molecule has 1 saturated carbocycles. The van der Waals surface area contributed by atoms with Crippen LogP contribution in [0.25, 0.3) is 0 Å². The normalized spacial score (nSPS) is 27.3. The van der Waals surface area contributed by atoms with E-state index in [9.17, 15) is 13.2 Å². The van der Waals surface area contributed by atoms with Crippen LogP contribution in [0.4, 0.5) is 13.2 Å². The Morgan fingerprint density at radius 2 is 1.33 bits per heavy atom. The summed E-state index contributed by atoms with van der Waals surface area (Å²) in [6.07, 6.45) is 17.0. The van der Waals surface area contributed by atoms with Crippen molar-refractivity contribution >= 4 is 8.80 Å². The molecule has 30 heavy (non-hydrogen) atoms. The Kier molecular flexibility index (Phi) is 9.80. The maximum absolute atomic E-state index is 13.5. The molecule has 0 unspecified atom stereocenters. The zero-order chi connectivity index (χ0) is 21.3. The molecule has 1 aromatic carbocycles. The van der Waals surface area contributed by atoms with E-state index in [2.05, 4.69) is 6.92 Å². The quantitative estimate of drug-likeness (QED) is 0.194. The number of benzene rings is 1. The van der Waals surface area contributed by atoms with Crippen LogP contribution in [0.2, 0.25) is 18.1 Å². The van der Waals surface area contributed by atoms with Gasteiger partial charge in [-0.25, -0.2) is 13.2 Å². The summed E-state index contributed by atoms with van der Waals surface area (Å²) in [4.78, 5) is 0. The Balaban J connectivity index is 1.27. The minimum atomic E-state index is -1.35. The van der Waals surface area contributed by atoms with Gasteiger partial charge in [0.2, 0.25) is 0 Å². The summed E-state index contributed by atoms with van der Waals surface area (Å²) >= 11 is 0. The first-order chi connectivity index (χ1) is 14.6. The highest BCUT2D eigenvalue weighted by Crippen LogP contribution is 2.39. The Labute approximate surface area is 183 Å². The largest absolute Gasteiger partial charge is 0.204 e. The van der Waals surface area contributed by atoms with Crippen LogP contribution < -0.4 is 0 Å². The lowest BCUT2D eigenvalue weighted by Gasteiger charge is -2.30. The lowest BCUT2D eigenvalue weighted by molar-refractivity contribution is 0.296. The van der Waals surface area contributed by atoms with Crippen molar-refractivity contribution in [2.75, 3.05) is 0 Å². The van der Waals surface area contributed by atoms with Gasteiger partial charge in [0.1, 0.15) is 0 Å². The van der Waals surface area contributed by atoms with E-state index in [1.165, 1.54) is 69.9 Å². The maximum Gasteiger partial charge on any atom is 0.194 e. The van der Waals surface area contributed by atoms with Crippen LogP contribution in [-0.2, 0) is 0 Å². The van der Waals surface area contributed by atoms with E-state index in [1.807, 2.05) is 0 Å². The molecule has 170 valence electrons. The van der Waals surface area contributed by atoms with E-state index >= 15 is 0 Å². The summed E-state index contributed by atoms with van der Waals surface area (Å²) in [7, 11) is -0.370. The van der Waals surface area contributed by atoms with E-state index in [0.29, 0.717) is 5.56 Å². The second-order valence-electron chi connectivity index (χ2n) is 10.2. The van der Waals surface area contributed by atoms with E-state index in [1.54, 1.807) is 18.1 Å². The highest BCUT2D eigenvalue weighted by atomic mass is 28.3. The van der Waals surface area contributed by atoms with E-state index in [-0.39, 0.29) is 14.7 Å². The molecule has 0 atom stereocenters. The molecule has 1 aromatic rings. The number of unbranched alkanes of at least 4 members (excludes halogenated alkanes) is 3. The van der Waals surface area contributed by atoms with Gasteiger partial charge < -0.3 is 0 Å². The van der Waals surface area contributed by atoms with Crippen molar-refractivity contribution in [1.29, 1.82) is 0 Å². The first kappa shape index (κ1) is 23.9. The SMILES string of the molecule is CCCCC[SiH]1CCC(CCCCC2CCC(c3cc(F)c(F)c(F)c3)CC2)CC1. The standard InChI is InChI=1S/C26H41F3Si/c1-2-3-6-15-30-16-13-21(14-17-30)8-5-4-7-20-9-11-22(12-10-20)23-18-24(27)26(29)25(28)19-23/h18-22,30H,2-17H2,1H3. The molecule has 0 amide bonds. The highest BCUT2D eigenvalue weighted by molar-refractivity contribution is 6.58. The summed E-state index contributed by atoms with van der Waals surface area (Å²) in [5, 5.41) is 0. The minimum Gasteiger partial charge on any atom is -0.204 e. The average molecular weight is 439 g/mol. The van der Waals surface area contributed by atoms with Gasteiger partial charge in [-0.3, -0.25) is 0 Å². The summed E-state index contributed by atoms with van der Waals surface area (Å²) in [6.45, 7) is 2.30. The second kappa shape index (κ2) is 12.3. The molecule has 1 saturated heterocycles. The zero-order valence-electron chi connectivity index (χ0n) is 18.9. The molecule has 1 aliphatic heterocycles.